The van der Waals surface area contributed by atoms with Gasteiger partial charge in [-0.05, 0) is 18.4 Å². The summed E-state index contributed by atoms with van der Waals surface area (Å²) < 4.78 is 0. The van der Waals surface area contributed by atoms with Crippen molar-refractivity contribution in [3.05, 3.63) is 35.9 Å². The maximum Gasteiger partial charge on any atom is 0.319 e. The first-order chi connectivity index (χ1) is 8.13. The minimum absolute atomic E-state index is 0.301. The molecule has 2 atom stereocenters. The van der Waals surface area contributed by atoms with Gasteiger partial charge < -0.3 is 5.11 Å². The van der Waals surface area contributed by atoms with E-state index >= 15 is 0 Å². The average molecular weight is 234 g/mol. The number of hydrazine groups is 1. The van der Waals surface area contributed by atoms with Gasteiger partial charge in [0.05, 0.1) is 0 Å². The molecule has 0 saturated heterocycles. The highest BCUT2D eigenvalue weighted by Gasteiger charge is 2.59. The van der Waals surface area contributed by atoms with Gasteiger partial charge in [0.25, 0.3) is 5.91 Å². The normalized spacial score (nSPS) is 27.0. The van der Waals surface area contributed by atoms with E-state index in [1.54, 1.807) is 0 Å². The Kier molecular flexibility index (Phi) is 2.85. The monoisotopic (exact) mass is 234 g/mol. The quantitative estimate of drug-likeness (QED) is 0.309. The molecule has 2 rings (SSSR count). The molecule has 0 spiro atoms. The first-order valence-electron chi connectivity index (χ1n) is 5.42. The van der Waals surface area contributed by atoms with Crippen LogP contribution < -0.4 is 11.3 Å². The molecule has 0 aromatic heterocycles. The predicted molar refractivity (Wildman–Crippen MR) is 60.8 cm³/mol. The molecule has 0 bridgehead atoms. The van der Waals surface area contributed by atoms with Crippen molar-refractivity contribution in [2.45, 2.75) is 18.8 Å². The third-order valence-corrected chi connectivity index (χ3v) is 3.54. The third-order valence-electron chi connectivity index (χ3n) is 3.54. The molecule has 0 radical (unpaired) electrons. The lowest BCUT2D eigenvalue weighted by Gasteiger charge is -2.44. The largest absolute Gasteiger partial charge is 0.480 e. The fraction of sp³-hybridized carbons (Fsp3) is 0.333. The van der Waals surface area contributed by atoms with Gasteiger partial charge in [-0.1, -0.05) is 30.3 Å². The molecule has 0 heterocycles. The number of carbonyl (C=O) groups excluding carboxylic acids is 1. The lowest BCUT2D eigenvalue weighted by atomic mass is 9.57. The van der Waals surface area contributed by atoms with Crippen LogP contribution in [0.1, 0.15) is 24.3 Å². The van der Waals surface area contributed by atoms with E-state index in [1.807, 2.05) is 35.8 Å². The number of nitrogens with two attached hydrogens (primary N) is 1. The van der Waals surface area contributed by atoms with Crippen LogP contribution >= 0.6 is 0 Å². The topological polar surface area (TPSA) is 92.4 Å². The molecule has 2 unspecified atom stereocenters. The van der Waals surface area contributed by atoms with E-state index in [1.165, 1.54) is 0 Å². The molecule has 1 aromatic rings. The standard InChI is InChI=1S/C12H14N2O3/c13-14-10(15)12(11(16)17)7-6-9(12)8-4-2-1-3-5-8/h1-5,9H,6-7,13H2,(H,14,15)(H,16,17). The number of rotatable bonds is 3. The zero-order chi connectivity index (χ0) is 12.5. The van der Waals surface area contributed by atoms with Crippen LogP contribution in [-0.2, 0) is 9.59 Å². The van der Waals surface area contributed by atoms with Crippen molar-refractivity contribution in [3.8, 4) is 0 Å². The molecule has 1 aliphatic rings. The Bertz CT molecular complexity index is 446. The highest BCUT2D eigenvalue weighted by atomic mass is 16.4. The molecule has 1 saturated carbocycles. The molecule has 5 heteroatoms. The Labute approximate surface area is 98.6 Å². The molecule has 4 N–H and O–H groups in total. The van der Waals surface area contributed by atoms with Gasteiger partial charge in [-0.15, -0.1) is 0 Å². The van der Waals surface area contributed by atoms with Crippen LogP contribution in [0.25, 0.3) is 0 Å². The highest BCUT2D eigenvalue weighted by Crippen LogP contribution is 2.53. The molecule has 17 heavy (non-hydrogen) atoms. The summed E-state index contributed by atoms with van der Waals surface area (Å²) in [5, 5.41) is 9.30. The smallest absolute Gasteiger partial charge is 0.319 e. The molecule has 90 valence electrons. The summed E-state index contributed by atoms with van der Waals surface area (Å²) in [6.45, 7) is 0. The lowest BCUT2D eigenvalue weighted by molar-refractivity contribution is -0.164. The molecule has 0 aliphatic heterocycles. The van der Waals surface area contributed by atoms with Crippen LogP contribution in [0.4, 0.5) is 0 Å². The summed E-state index contributed by atoms with van der Waals surface area (Å²) in [4.78, 5) is 23.1. The van der Waals surface area contributed by atoms with E-state index < -0.39 is 17.3 Å². The number of aliphatic carboxylic acids is 1. The Morgan fingerprint density at radius 1 is 1.35 bits per heavy atom. The number of hydrogen-bond donors (Lipinski definition) is 3. The second kappa shape index (κ2) is 4.18. The molecule has 1 aromatic carbocycles. The van der Waals surface area contributed by atoms with Gasteiger partial charge in [0.1, 0.15) is 0 Å². The summed E-state index contributed by atoms with van der Waals surface area (Å²) in [7, 11) is 0. The van der Waals surface area contributed by atoms with Crippen LogP contribution in [0.15, 0.2) is 30.3 Å². The predicted octanol–water partition coefficient (Wildman–Crippen LogP) is 0.625. The van der Waals surface area contributed by atoms with E-state index in [0.717, 1.165) is 5.56 Å². The van der Waals surface area contributed by atoms with Crippen molar-refractivity contribution < 1.29 is 14.7 Å². The van der Waals surface area contributed by atoms with Gasteiger partial charge in [-0.3, -0.25) is 15.0 Å². The van der Waals surface area contributed by atoms with E-state index in [2.05, 4.69) is 0 Å². The van der Waals surface area contributed by atoms with Gasteiger partial charge in [-0.25, -0.2) is 5.84 Å². The number of hydrogen-bond acceptors (Lipinski definition) is 3. The summed E-state index contributed by atoms with van der Waals surface area (Å²) in [5.41, 5.74) is 1.43. The molecule has 1 aliphatic carbocycles. The maximum absolute atomic E-state index is 11.7. The van der Waals surface area contributed by atoms with Crippen LogP contribution in [0.5, 0.6) is 0 Å². The first-order valence-corrected chi connectivity index (χ1v) is 5.42. The number of carboxylic acids is 1. The third kappa shape index (κ3) is 1.59. The number of nitrogens with one attached hydrogen (secondary N) is 1. The number of benzene rings is 1. The van der Waals surface area contributed by atoms with E-state index in [0.29, 0.717) is 12.8 Å². The second-order valence-corrected chi connectivity index (χ2v) is 4.25. The molecular formula is C12H14N2O3. The minimum Gasteiger partial charge on any atom is -0.480 e. The van der Waals surface area contributed by atoms with E-state index in [-0.39, 0.29) is 5.92 Å². The molecule has 5 nitrogen and oxygen atoms in total. The number of carboxylic acid groups (broad SMARTS) is 1. The summed E-state index contributed by atoms with van der Waals surface area (Å²) in [6.07, 6.45) is 1.01. The zero-order valence-electron chi connectivity index (χ0n) is 9.22. The Hall–Kier alpha value is -1.88. The van der Waals surface area contributed by atoms with Crippen LogP contribution in [0.3, 0.4) is 0 Å². The number of carbonyl (C=O) groups is 2. The molecule has 1 amide bonds. The van der Waals surface area contributed by atoms with Crippen molar-refractivity contribution >= 4 is 11.9 Å². The maximum atomic E-state index is 11.7. The van der Waals surface area contributed by atoms with Crippen molar-refractivity contribution in [1.82, 2.24) is 5.43 Å². The van der Waals surface area contributed by atoms with Crippen molar-refractivity contribution in [1.29, 1.82) is 0 Å². The summed E-state index contributed by atoms with van der Waals surface area (Å²) >= 11 is 0. The highest BCUT2D eigenvalue weighted by molar-refractivity contribution is 6.04. The minimum atomic E-state index is -1.41. The molecular weight excluding hydrogens is 220 g/mol. The Balaban J connectivity index is 2.37. The molecule has 1 fully saturated rings. The van der Waals surface area contributed by atoms with Gasteiger partial charge >= 0.3 is 5.97 Å². The average Bonchev–Trinajstić information content (AvgIpc) is 2.29. The first kappa shape index (κ1) is 11.6. The summed E-state index contributed by atoms with van der Waals surface area (Å²) in [6, 6.07) is 9.20. The second-order valence-electron chi connectivity index (χ2n) is 4.25. The Morgan fingerprint density at radius 3 is 2.41 bits per heavy atom. The number of amides is 1. The van der Waals surface area contributed by atoms with Gasteiger partial charge in [0, 0.05) is 5.92 Å². The van der Waals surface area contributed by atoms with E-state index in [9.17, 15) is 14.7 Å². The van der Waals surface area contributed by atoms with Crippen LogP contribution in [0, 0.1) is 5.41 Å². The zero-order valence-corrected chi connectivity index (χ0v) is 9.22. The van der Waals surface area contributed by atoms with Crippen LogP contribution in [-0.4, -0.2) is 17.0 Å². The van der Waals surface area contributed by atoms with Gasteiger partial charge in [0.2, 0.25) is 0 Å². The van der Waals surface area contributed by atoms with Crippen molar-refractivity contribution in [2.24, 2.45) is 11.3 Å². The fourth-order valence-corrected chi connectivity index (χ4v) is 2.47. The lowest BCUT2D eigenvalue weighted by Crippen LogP contribution is -2.57. The van der Waals surface area contributed by atoms with Gasteiger partial charge in [-0.2, -0.15) is 0 Å². The van der Waals surface area contributed by atoms with Crippen molar-refractivity contribution in [2.75, 3.05) is 0 Å². The van der Waals surface area contributed by atoms with Crippen molar-refractivity contribution in [3.63, 3.8) is 0 Å². The Morgan fingerprint density at radius 2 is 2.00 bits per heavy atom. The van der Waals surface area contributed by atoms with Gasteiger partial charge in [0.15, 0.2) is 5.41 Å². The van der Waals surface area contributed by atoms with Crippen LogP contribution in [0.2, 0.25) is 0 Å². The summed E-state index contributed by atoms with van der Waals surface area (Å²) in [5.74, 6) is 3.05. The van der Waals surface area contributed by atoms with E-state index in [4.69, 9.17) is 5.84 Å². The SMILES string of the molecule is NNC(=O)C1(C(=O)O)CCC1c1ccccc1. The fourth-order valence-electron chi connectivity index (χ4n) is 2.47.